The van der Waals surface area contributed by atoms with Crippen molar-refractivity contribution >= 4 is 0 Å². The fraction of sp³-hybridized carbons (Fsp3) is 0.667. The molecule has 0 saturated carbocycles. The van der Waals surface area contributed by atoms with E-state index in [1.165, 1.54) is 12.2 Å². The number of ether oxygens (including phenoxy) is 1. The third-order valence-electron chi connectivity index (χ3n) is 1.92. The van der Waals surface area contributed by atoms with Crippen molar-refractivity contribution in [3.8, 4) is 0 Å². The van der Waals surface area contributed by atoms with Gasteiger partial charge in [-0.1, -0.05) is 26.7 Å². The van der Waals surface area contributed by atoms with Crippen LogP contribution in [0.15, 0.2) is 24.2 Å². The molecule has 88 valence electrons. The molecule has 3 heteroatoms. The Morgan fingerprint density at radius 2 is 1.33 bits per heavy atom. The minimum Gasteiger partial charge on any atom is -0.404 e. The number of allylic oxidation sites excluding steroid dienone is 2. The van der Waals surface area contributed by atoms with Crippen LogP contribution in [0.3, 0.4) is 0 Å². The monoisotopic (exact) mass is 218 g/mol. The molecule has 0 aromatic rings. The first-order valence-electron chi connectivity index (χ1n) is 5.59. The molecule has 0 aliphatic carbocycles. The molecule has 0 unspecified atom stereocenters. The SMILES string of the molecule is CCCC/C=C(\F)O/C(F)=C/CCCC. The van der Waals surface area contributed by atoms with E-state index in [0.717, 1.165) is 25.7 Å². The third kappa shape index (κ3) is 9.44. The van der Waals surface area contributed by atoms with Gasteiger partial charge in [-0.05, 0) is 37.8 Å². The first kappa shape index (κ1) is 14.1. The summed E-state index contributed by atoms with van der Waals surface area (Å²) in [4.78, 5) is 0. The van der Waals surface area contributed by atoms with Gasteiger partial charge in [-0.3, -0.25) is 0 Å². The van der Waals surface area contributed by atoms with Crippen LogP contribution in [0.25, 0.3) is 0 Å². The summed E-state index contributed by atoms with van der Waals surface area (Å²) in [6.07, 6.45) is 7.47. The lowest BCUT2D eigenvalue weighted by molar-refractivity contribution is 0.152. The van der Waals surface area contributed by atoms with Gasteiger partial charge in [0.15, 0.2) is 0 Å². The summed E-state index contributed by atoms with van der Waals surface area (Å²) in [6, 6.07) is -1.68. The van der Waals surface area contributed by atoms with Crippen molar-refractivity contribution in [2.45, 2.75) is 52.4 Å². The van der Waals surface area contributed by atoms with Crippen molar-refractivity contribution in [2.75, 3.05) is 0 Å². The van der Waals surface area contributed by atoms with E-state index in [-0.39, 0.29) is 0 Å². The van der Waals surface area contributed by atoms with Gasteiger partial charge in [0, 0.05) is 0 Å². The Labute approximate surface area is 90.8 Å². The minimum atomic E-state index is -0.839. The molecule has 1 nitrogen and oxygen atoms in total. The molecule has 0 aliphatic heterocycles. The van der Waals surface area contributed by atoms with Gasteiger partial charge < -0.3 is 4.74 Å². The summed E-state index contributed by atoms with van der Waals surface area (Å²) < 4.78 is 30.0. The highest BCUT2D eigenvalue weighted by molar-refractivity contribution is 4.90. The number of rotatable bonds is 8. The summed E-state index contributed by atoms with van der Waals surface area (Å²) in [6.45, 7) is 4.02. The molecule has 0 aliphatic rings. The molecule has 0 N–H and O–H groups in total. The van der Waals surface area contributed by atoms with E-state index in [1.54, 1.807) is 0 Å². The molecular weight excluding hydrogens is 198 g/mol. The quantitative estimate of drug-likeness (QED) is 0.411. The number of hydrogen-bond acceptors (Lipinski definition) is 1. The predicted octanol–water partition coefficient (Wildman–Crippen LogP) is 5.01. The first-order chi connectivity index (χ1) is 7.20. The Morgan fingerprint density at radius 1 is 0.933 bits per heavy atom. The van der Waals surface area contributed by atoms with Gasteiger partial charge in [0.1, 0.15) is 0 Å². The molecule has 0 saturated heterocycles. The molecule has 0 spiro atoms. The van der Waals surface area contributed by atoms with Gasteiger partial charge in [-0.15, -0.1) is 0 Å². The summed E-state index contributed by atoms with van der Waals surface area (Å²) in [5, 5.41) is 0. The van der Waals surface area contributed by atoms with Crippen LogP contribution in [0, 0.1) is 0 Å². The Hall–Kier alpha value is -0.860. The molecule has 0 aromatic carbocycles. The second kappa shape index (κ2) is 9.69. The minimum absolute atomic E-state index is 0.588. The van der Waals surface area contributed by atoms with Crippen LogP contribution < -0.4 is 0 Å². The first-order valence-corrected chi connectivity index (χ1v) is 5.59. The maximum atomic E-state index is 12.8. The average molecular weight is 218 g/mol. The van der Waals surface area contributed by atoms with Crippen LogP contribution in [0.1, 0.15) is 52.4 Å². The molecule has 0 rings (SSSR count). The zero-order chi connectivity index (χ0) is 11.5. The second-order valence-corrected chi connectivity index (χ2v) is 3.40. The van der Waals surface area contributed by atoms with Crippen molar-refractivity contribution in [1.29, 1.82) is 0 Å². The molecule has 0 aromatic heterocycles. The molecule has 0 fully saturated rings. The zero-order valence-corrected chi connectivity index (χ0v) is 9.56. The Kier molecular flexibility index (Phi) is 9.13. The largest absolute Gasteiger partial charge is 0.404 e. The van der Waals surface area contributed by atoms with E-state index >= 15 is 0 Å². The van der Waals surface area contributed by atoms with Crippen molar-refractivity contribution in [2.24, 2.45) is 0 Å². The van der Waals surface area contributed by atoms with E-state index in [0.29, 0.717) is 12.8 Å². The van der Waals surface area contributed by atoms with Crippen LogP contribution in [0.4, 0.5) is 8.78 Å². The lowest BCUT2D eigenvalue weighted by Crippen LogP contribution is -1.84. The second-order valence-electron chi connectivity index (χ2n) is 3.40. The van der Waals surface area contributed by atoms with E-state index in [2.05, 4.69) is 4.74 Å². The number of hydrogen-bond donors (Lipinski definition) is 0. The van der Waals surface area contributed by atoms with E-state index < -0.39 is 12.0 Å². The van der Waals surface area contributed by atoms with Crippen LogP contribution in [0.2, 0.25) is 0 Å². The van der Waals surface area contributed by atoms with Crippen LogP contribution in [0.5, 0.6) is 0 Å². The molecule has 0 atom stereocenters. The van der Waals surface area contributed by atoms with Gasteiger partial charge in [0.25, 0.3) is 12.0 Å². The zero-order valence-electron chi connectivity index (χ0n) is 9.56. The fourth-order valence-corrected chi connectivity index (χ4v) is 1.02. The summed E-state index contributed by atoms with van der Waals surface area (Å²) in [7, 11) is 0. The summed E-state index contributed by atoms with van der Waals surface area (Å²) >= 11 is 0. The normalized spacial score (nSPS) is 13.1. The van der Waals surface area contributed by atoms with Crippen LogP contribution in [-0.2, 0) is 4.74 Å². The van der Waals surface area contributed by atoms with Crippen LogP contribution in [-0.4, -0.2) is 0 Å². The predicted molar refractivity (Wildman–Crippen MR) is 58.5 cm³/mol. The van der Waals surface area contributed by atoms with Crippen molar-refractivity contribution in [3.05, 3.63) is 24.2 Å². The lowest BCUT2D eigenvalue weighted by atomic mass is 10.2. The van der Waals surface area contributed by atoms with E-state index in [9.17, 15) is 8.78 Å². The van der Waals surface area contributed by atoms with Crippen molar-refractivity contribution in [1.82, 2.24) is 0 Å². The third-order valence-corrected chi connectivity index (χ3v) is 1.92. The summed E-state index contributed by atoms with van der Waals surface area (Å²) in [5.74, 6) is 0. The highest BCUT2D eigenvalue weighted by Gasteiger charge is 1.99. The van der Waals surface area contributed by atoms with Gasteiger partial charge in [-0.25, -0.2) is 0 Å². The van der Waals surface area contributed by atoms with Gasteiger partial charge >= 0.3 is 0 Å². The highest BCUT2D eigenvalue weighted by atomic mass is 19.2. The molecular formula is C12H20F2O. The molecule has 15 heavy (non-hydrogen) atoms. The van der Waals surface area contributed by atoms with Crippen molar-refractivity contribution in [3.63, 3.8) is 0 Å². The molecule has 0 amide bonds. The highest BCUT2D eigenvalue weighted by Crippen LogP contribution is 2.12. The topological polar surface area (TPSA) is 9.23 Å². The fourth-order valence-electron chi connectivity index (χ4n) is 1.02. The van der Waals surface area contributed by atoms with Crippen molar-refractivity contribution < 1.29 is 13.5 Å². The Morgan fingerprint density at radius 3 is 1.67 bits per heavy atom. The number of unbranched alkanes of at least 4 members (excludes halogenated alkanes) is 4. The molecule has 0 radical (unpaired) electrons. The lowest BCUT2D eigenvalue weighted by Gasteiger charge is -1.99. The Bertz CT molecular complexity index is 188. The molecule has 0 heterocycles. The van der Waals surface area contributed by atoms with E-state index in [4.69, 9.17) is 0 Å². The number of halogens is 2. The van der Waals surface area contributed by atoms with Gasteiger partial charge in [-0.2, -0.15) is 8.78 Å². The van der Waals surface area contributed by atoms with Crippen LogP contribution >= 0.6 is 0 Å². The maximum Gasteiger partial charge on any atom is 0.275 e. The van der Waals surface area contributed by atoms with Gasteiger partial charge in [0.05, 0.1) is 0 Å². The Balaban J connectivity index is 3.78. The smallest absolute Gasteiger partial charge is 0.275 e. The van der Waals surface area contributed by atoms with E-state index in [1.807, 2.05) is 13.8 Å². The maximum absolute atomic E-state index is 12.8. The standard InChI is InChI=1S/C12H20F2O/c1-3-5-7-9-11(13)15-12(14)10-8-6-4-2/h9-10H,3-8H2,1-2H3/b11-9+,12-10+. The van der Waals surface area contributed by atoms with Gasteiger partial charge in [0.2, 0.25) is 0 Å². The average Bonchev–Trinajstić information content (AvgIpc) is 2.18. The molecule has 0 bridgehead atoms. The summed E-state index contributed by atoms with van der Waals surface area (Å²) in [5.41, 5.74) is 0.